The predicted octanol–water partition coefficient (Wildman–Crippen LogP) is 4.56. The first-order chi connectivity index (χ1) is 9.16. The Morgan fingerprint density at radius 1 is 1.37 bits per heavy atom. The van der Waals surface area contributed by atoms with Crippen LogP contribution in [0.2, 0.25) is 0 Å². The molecule has 19 heavy (non-hydrogen) atoms. The Bertz CT molecular complexity index is 777. The van der Waals surface area contributed by atoms with Crippen LogP contribution in [0.5, 0.6) is 0 Å². The Morgan fingerprint density at radius 2 is 2.21 bits per heavy atom. The number of hydrogen-bond acceptors (Lipinski definition) is 3. The largest absolute Gasteiger partial charge is 0.267 e. The molecule has 0 bridgehead atoms. The van der Waals surface area contributed by atoms with Gasteiger partial charge in [0.05, 0.1) is 15.0 Å². The second-order valence-electron chi connectivity index (χ2n) is 3.76. The van der Waals surface area contributed by atoms with Crippen LogP contribution in [0.4, 0.5) is 4.39 Å². The van der Waals surface area contributed by atoms with Crippen molar-refractivity contribution in [1.82, 2.24) is 14.8 Å². The summed E-state index contributed by atoms with van der Waals surface area (Å²) in [4.78, 5) is 0.968. The molecular formula is C12H7BrFN3S2. The van der Waals surface area contributed by atoms with Gasteiger partial charge in [-0.2, -0.15) is 5.10 Å². The number of nitrogens with zero attached hydrogens (tertiary/aromatic N) is 2. The number of rotatable bonds is 2. The van der Waals surface area contributed by atoms with Gasteiger partial charge in [-0.25, -0.2) is 4.39 Å². The molecule has 1 N–H and O–H groups in total. The summed E-state index contributed by atoms with van der Waals surface area (Å²) >= 11 is 9.91. The molecule has 3 aromatic rings. The van der Waals surface area contributed by atoms with Crippen LogP contribution in [-0.2, 0) is 0 Å². The molecule has 0 aliphatic rings. The molecule has 0 aliphatic carbocycles. The molecule has 2 heterocycles. The quantitative estimate of drug-likeness (QED) is 0.683. The lowest BCUT2D eigenvalue weighted by atomic mass is 10.3. The fraction of sp³-hybridized carbons (Fsp3) is 0. The average Bonchev–Trinajstić information content (AvgIpc) is 3.01. The lowest BCUT2D eigenvalue weighted by Crippen LogP contribution is -1.97. The first-order valence-corrected chi connectivity index (χ1v) is 7.41. The Balaban J connectivity index is 2.22. The van der Waals surface area contributed by atoms with E-state index in [4.69, 9.17) is 12.2 Å². The van der Waals surface area contributed by atoms with Gasteiger partial charge in [-0.1, -0.05) is 6.07 Å². The maximum atomic E-state index is 13.7. The molecule has 3 rings (SSSR count). The van der Waals surface area contributed by atoms with Crippen molar-refractivity contribution in [2.75, 3.05) is 0 Å². The van der Waals surface area contributed by atoms with Crippen LogP contribution in [-0.4, -0.2) is 14.8 Å². The molecule has 0 spiro atoms. The van der Waals surface area contributed by atoms with Gasteiger partial charge in [0.1, 0.15) is 5.82 Å². The lowest BCUT2D eigenvalue weighted by molar-refractivity contribution is 0.620. The minimum atomic E-state index is -0.335. The summed E-state index contributed by atoms with van der Waals surface area (Å²) in [5, 5.41) is 8.91. The highest BCUT2D eigenvalue weighted by atomic mass is 79.9. The van der Waals surface area contributed by atoms with Crippen molar-refractivity contribution in [3.63, 3.8) is 0 Å². The monoisotopic (exact) mass is 355 g/mol. The van der Waals surface area contributed by atoms with Crippen molar-refractivity contribution in [2.45, 2.75) is 0 Å². The van der Waals surface area contributed by atoms with Gasteiger partial charge in [-0.15, -0.1) is 11.3 Å². The summed E-state index contributed by atoms with van der Waals surface area (Å²) in [6.07, 6.45) is 0. The second kappa shape index (κ2) is 4.99. The summed E-state index contributed by atoms with van der Waals surface area (Å²) in [7, 11) is 0. The van der Waals surface area contributed by atoms with Gasteiger partial charge < -0.3 is 0 Å². The van der Waals surface area contributed by atoms with Crippen molar-refractivity contribution in [1.29, 1.82) is 0 Å². The van der Waals surface area contributed by atoms with Gasteiger partial charge in [-0.05, 0) is 57.8 Å². The van der Waals surface area contributed by atoms with Crippen molar-refractivity contribution in [2.24, 2.45) is 0 Å². The van der Waals surface area contributed by atoms with Crippen LogP contribution in [0.25, 0.3) is 16.4 Å². The molecule has 0 saturated heterocycles. The van der Waals surface area contributed by atoms with Crippen LogP contribution < -0.4 is 0 Å². The number of H-pyrrole nitrogens is 1. The number of halogens is 2. The van der Waals surface area contributed by atoms with Crippen LogP contribution in [0, 0.1) is 10.6 Å². The number of aromatic nitrogens is 3. The second-order valence-corrected chi connectivity index (χ2v) is 5.95. The average molecular weight is 356 g/mol. The smallest absolute Gasteiger partial charge is 0.200 e. The van der Waals surface area contributed by atoms with Gasteiger partial charge in [0.15, 0.2) is 10.6 Å². The zero-order valence-corrected chi connectivity index (χ0v) is 12.6. The molecule has 0 radical (unpaired) electrons. The van der Waals surface area contributed by atoms with Crippen molar-refractivity contribution in [3.8, 4) is 16.4 Å². The van der Waals surface area contributed by atoms with E-state index in [-0.39, 0.29) is 5.82 Å². The summed E-state index contributed by atoms with van der Waals surface area (Å²) in [5.41, 5.74) is 0.642. The Hall–Kier alpha value is -1.31. The zero-order chi connectivity index (χ0) is 13.4. The van der Waals surface area contributed by atoms with Crippen LogP contribution in [0.3, 0.4) is 0 Å². The third-order valence-electron chi connectivity index (χ3n) is 2.58. The minimum absolute atomic E-state index is 0.335. The first-order valence-electron chi connectivity index (χ1n) is 5.33. The van der Waals surface area contributed by atoms with Crippen molar-refractivity contribution >= 4 is 39.5 Å². The van der Waals surface area contributed by atoms with E-state index >= 15 is 0 Å². The highest BCUT2D eigenvalue weighted by molar-refractivity contribution is 9.10. The van der Waals surface area contributed by atoms with Crippen LogP contribution in [0.15, 0.2) is 40.2 Å². The number of thiophene rings is 1. The van der Waals surface area contributed by atoms with Gasteiger partial charge in [0.2, 0.25) is 0 Å². The standard InChI is InChI=1S/C12H7BrFN3S2/c13-8-4-3-7(6-9(8)14)17-11(15-16-12(17)18)10-2-1-5-19-10/h1-6H,(H,16,18). The molecule has 2 aromatic heterocycles. The Morgan fingerprint density at radius 3 is 2.89 bits per heavy atom. The van der Waals surface area contributed by atoms with E-state index in [0.29, 0.717) is 20.8 Å². The fourth-order valence-electron chi connectivity index (χ4n) is 1.73. The van der Waals surface area contributed by atoms with Gasteiger partial charge in [0, 0.05) is 0 Å². The summed E-state index contributed by atoms with van der Waals surface area (Å²) in [6.45, 7) is 0. The molecule has 0 fully saturated rings. The maximum absolute atomic E-state index is 13.7. The van der Waals surface area contributed by atoms with Crippen LogP contribution >= 0.6 is 39.5 Å². The van der Waals surface area contributed by atoms with E-state index in [9.17, 15) is 4.39 Å². The lowest BCUT2D eigenvalue weighted by Gasteiger charge is -2.06. The van der Waals surface area contributed by atoms with Gasteiger partial charge in [-0.3, -0.25) is 9.67 Å². The molecule has 0 aliphatic heterocycles. The molecule has 0 unspecified atom stereocenters. The fourth-order valence-corrected chi connectivity index (χ4v) is 2.92. The third kappa shape index (κ3) is 2.29. The SMILES string of the molecule is Fc1cc(-n2c(-c3cccs3)n[nH]c2=S)ccc1Br. The normalized spacial score (nSPS) is 10.8. The molecule has 1 aromatic carbocycles. The first kappa shape index (κ1) is 12.7. The maximum Gasteiger partial charge on any atom is 0.200 e. The zero-order valence-electron chi connectivity index (χ0n) is 9.43. The van der Waals surface area contributed by atoms with Gasteiger partial charge in [0.25, 0.3) is 0 Å². The minimum Gasteiger partial charge on any atom is -0.267 e. The van der Waals surface area contributed by atoms with E-state index < -0.39 is 0 Å². The van der Waals surface area contributed by atoms with Gasteiger partial charge >= 0.3 is 0 Å². The molecule has 0 atom stereocenters. The van der Waals surface area contributed by atoms with E-state index in [0.717, 1.165) is 4.88 Å². The number of benzene rings is 1. The molecule has 0 amide bonds. The topological polar surface area (TPSA) is 33.6 Å². The number of nitrogens with one attached hydrogen (secondary N) is 1. The summed E-state index contributed by atoms with van der Waals surface area (Å²) < 4.78 is 16.2. The van der Waals surface area contributed by atoms with E-state index in [1.807, 2.05) is 17.5 Å². The van der Waals surface area contributed by atoms with E-state index in [1.165, 1.54) is 6.07 Å². The van der Waals surface area contributed by atoms with E-state index in [1.54, 1.807) is 28.0 Å². The molecule has 96 valence electrons. The summed E-state index contributed by atoms with van der Waals surface area (Å²) in [6, 6.07) is 8.74. The van der Waals surface area contributed by atoms with Crippen molar-refractivity contribution in [3.05, 3.63) is 50.8 Å². The Kier molecular flexibility index (Phi) is 3.34. The number of aromatic amines is 1. The predicted molar refractivity (Wildman–Crippen MR) is 79.7 cm³/mol. The van der Waals surface area contributed by atoms with Crippen LogP contribution in [0.1, 0.15) is 0 Å². The van der Waals surface area contributed by atoms with Crippen molar-refractivity contribution < 1.29 is 4.39 Å². The Labute approximate surface area is 125 Å². The van der Waals surface area contributed by atoms with E-state index in [2.05, 4.69) is 26.1 Å². The molecular weight excluding hydrogens is 349 g/mol. The molecule has 7 heteroatoms. The molecule has 0 saturated carbocycles. The third-order valence-corrected chi connectivity index (χ3v) is 4.36. The number of hydrogen-bond donors (Lipinski definition) is 1. The summed E-state index contributed by atoms with van der Waals surface area (Å²) in [5.74, 6) is 0.347. The highest BCUT2D eigenvalue weighted by Crippen LogP contribution is 2.27. The molecule has 3 nitrogen and oxygen atoms in total. The highest BCUT2D eigenvalue weighted by Gasteiger charge is 2.12.